The Morgan fingerprint density at radius 2 is 2.18 bits per heavy atom. The number of carbonyl (C=O) groups excluding carboxylic acids is 1. The van der Waals surface area contributed by atoms with Crippen molar-refractivity contribution in [3.8, 4) is 5.75 Å². The standard InChI is InChI=1S/C16H18FN3O2/c1-11(2)22-15-6-5-13(17)8-14(15)20-16(21)19-10-12-4-3-7-18-9-12/h3-9,11H,10H2,1-2H3,(H2,19,20,21). The zero-order chi connectivity index (χ0) is 15.9. The van der Waals surface area contributed by atoms with Gasteiger partial charge in [-0.2, -0.15) is 0 Å². The molecule has 6 heteroatoms. The summed E-state index contributed by atoms with van der Waals surface area (Å²) in [6.45, 7) is 4.04. The molecule has 1 aromatic carbocycles. The summed E-state index contributed by atoms with van der Waals surface area (Å²) in [5.41, 5.74) is 1.16. The molecule has 0 atom stereocenters. The summed E-state index contributed by atoms with van der Waals surface area (Å²) in [5, 5.41) is 5.27. The van der Waals surface area contributed by atoms with Gasteiger partial charge in [-0.25, -0.2) is 9.18 Å². The van der Waals surface area contributed by atoms with Crippen molar-refractivity contribution in [1.82, 2.24) is 10.3 Å². The lowest BCUT2D eigenvalue weighted by atomic mass is 10.2. The van der Waals surface area contributed by atoms with E-state index in [4.69, 9.17) is 4.74 Å². The number of pyridine rings is 1. The molecule has 116 valence electrons. The summed E-state index contributed by atoms with van der Waals surface area (Å²) in [6.07, 6.45) is 3.24. The number of urea groups is 1. The van der Waals surface area contributed by atoms with Crippen molar-refractivity contribution in [2.45, 2.75) is 26.5 Å². The third kappa shape index (κ3) is 4.73. The van der Waals surface area contributed by atoms with Crippen molar-refractivity contribution in [3.63, 3.8) is 0 Å². The van der Waals surface area contributed by atoms with E-state index >= 15 is 0 Å². The maximum absolute atomic E-state index is 13.4. The summed E-state index contributed by atoms with van der Waals surface area (Å²) < 4.78 is 18.9. The highest BCUT2D eigenvalue weighted by Crippen LogP contribution is 2.26. The van der Waals surface area contributed by atoms with Crippen LogP contribution in [-0.2, 0) is 6.54 Å². The van der Waals surface area contributed by atoms with E-state index in [0.29, 0.717) is 12.3 Å². The van der Waals surface area contributed by atoms with Crippen molar-refractivity contribution >= 4 is 11.7 Å². The number of hydrogen-bond acceptors (Lipinski definition) is 3. The monoisotopic (exact) mass is 303 g/mol. The van der Waals surface area contributed by atoms with Crippen LogP contribution in [0.2, 0.25) is 0 Å². The van der Waals surface area contributed by atoms with Gasteiger partial charge in [0.25, 0.3) is 0 Å². The zero-order valence-electron chi connectivity index (χ0n) is 12.5. The SMILES string of the molecule is CC(C)Oc1ccc(F)cc1NC(=O)NCc1cccnc1. The highest BCUT2D eigenvalue weighted by molar-refractivity contribution is 5.90. The maximum Gasteiger partial charge on any atom is 0.319 e. The number of amides is 2. The van der Waals surface area contributed by atoms with Crippen LogP contribution in [0, 0.1) is 5.82 Å². The minimum atomic E-state index is -0.446. The van der Waals surface area contributed by atoms with Crippen LogP contribution in [-0.4, -0.2) is 17.1 Å². The van der Waals surface area contributed by atoms with E-state index < -0.39 is 11.8 Å². The first kappa shape index (κ1) is 15.8. The highest BCUT2D eigenvalue weighted by Gasteiger charge is 2.10. The molecule has 1 aromatic heterocycles. The van der Waals surface area contributed by atoms with Gasteiger partial charge in [-0.05, 0) is 37.6 Å². The number of benzene rings is 1. The van der Waals surface area contributed by atoms with E-state index in [-0.39, 0.29) is 11.8 Å². The molecule has 22 heavy (non-hydrogen) atoms. The first-order chi connectivity index (χ1) is 10.5. The average Bonchev–Trinajstić information content (AvgIpc) is 2.49. The molecular weight excluding hydrogens is 285 g/mol. The smallest absolute Gasteiger partial charge is 0.319 e. The highest BCUT2D eigenvalue weighted by atomic mass is 19.1. The van der Waals surface area contributed by atoms with Crippen LogP contribution >= 0.6 is 0 Å². The minimum Gasteiger partial charge on any atom is -0.489 e. The van der Waals surface area contributed by atoms with Gasteiger partial charge in [-0.1, -0.05) is 6.07 Å². The largest absolute Gasteiger partial charge is 0.489 e. The molecule has 0 aliphatic rings. The molecule has 2 N–H and O–H groups in total. The minimum absolute atomic E-state index is 0.0792. The number of ether oxygens (including phenoxy) is 1. The zero-order valence-corrected chi connectivity index (χ0v) is 12.5. The quantitative estimate of drug-likeness (QED) is 0.890. The second-order valence-electron chi connectivity index (χ2n) is 4.98. The molecule has 0 unspecified atom stereocenters. The Labute approximate surface area is 128 Å². The lowest BCUT2D eigenvalue weighted by Gasteiger charge is -2.15. The summed E-state index contributed by atoms with van der Waals surface area (Å²) in [5.74, 6) is -0.0217. The van der Waals surface area contributed by atoms with Gasteiger partial charge in [0.15, 0.2) is 0 Å². The normalized spacial score (nSPS) is 10.4. The number of halogens is 1. The fourth-order valence-electron chi connectivity index (χ4n) is 1.81. The van der Waals surface area contributed by atoms with Gasteiger partial charge in [-0.15, -0.1) is 0 Å². The number of rotatable bonds is 5. The summed E-state index contributed by atoms with van der Waals surface area (Å²) >= 11 is 0. The molecule has 0 radical (unpaired) electrons. The fraction of sp³-hybridized carbons (Fsp3) is 0.250. The van der Waals surface area contributed by atoms with Gasteiger partial charge in [0.2, 0.25) is 0 Å². The molecule has 5 nitrogen and oxygen atoms in total. The van der Waals surface area contributed by atoms with Crippen molar-refractivity contribution in [1.29, 1.82) is 0 Å². The van der Waals surface area contributed by atoms with Crippen LogP contribution in [0.25, 0.3) is 0 Å². The molecule has 0 aliphatic carbocycles. The van der Waals surface area contributed by atoms with Crippen molar-refractivity contribution in [2.75, 3.05) is 5.32 Å². The van der Waals surface area contributed by atoms with Gasteiger partial charge in [-0.3, -0.25) is 4.98 Å². The van der Waals surface area contributed by atoms with E-state index in [1.54, 1.807) is 18.5 Å². The maximum atomic E-state index is 13.4. The number of carbonyl (C=O) groups is 1. The molecule has 1 heterocycles. The predicted molar refractivity (Wildman–Crippen MR) is 82.3 cm³/mol. The number of nitrogens with one attached hydrogen (secondary N) is 2. The van der Waals surface area contributed by atoms with Gasteiger partial charge < -0.3 is 15.4 Å². The third-order valence-electron chi connectivity index (χ3n) is 2.73. The van der Waals surface area contributed by atoms with E-state index in [2.05, 4.69) is 15.6 Å². The molecule has 2 amide bonds. The molecule has 0 aliphatic heterocycles. The second kappa shape index (κ2) is 7.40. The molecule has 0 bridgehead atoms. The van der Waals surface area contributed by atoms with E-state index in [1.165, 1.54) is 18.2 Å². The first-order valence-electron chi connectivity index (χ1n) is 6.94. The number of nitrogens with zero attached hydrogens (tertiary/aromatic N) is 1. The molecule has 0 saturated carbocycles. The van der Waals surface area contributed by atoms with Crippen LogP contribution in [0.5, 0.6) is 5.75 Å². The van der Waals surface area contributed by atoms with Gasteiger partial charge in [0, 0.05) is 25.0 Å². The lowest BCUT2D eigenvalue weighted by molar-refractivity contribution is 0.241. The topological polar surface area (TPSA) is 63.2 Å². The average molecular weight is 303 g/mol. The summed E-state index contributed by atoms with van der Waals surface area (Å²) in [4.78, 5) is 15.9. The number of hydrogen-bond donors (Lipinski definition) is 2. The van der Waals surface area contributed by atoms with Crippen LogP contribution in [0.1, 0.15) is 19.4 Å². The van der Waals surface area contributed by atoms with Crippen LogP contribution in [0.15, 0.2) is 42.7 Å². The molecule has 2 rings (SSSR count). The summed E-state index contributed by atoms with van der Waals surface area (Å²) in [6, 6.07) is 7.20. The number of aromatic nitrogens is 1. The van der Waals surface area contributed by atoms with Gasteiger partial charge >= 0.3 is 6.03 Å². The van der Waals surface area contributed by atoms with Crippen LogP contribution < -0.4 is 15.4 Å². The van der Waals surface area contributed by atoms with E-state index in [0.717, 1.165) is 5.56 Å². The molecular formula is C16H18FN3O2. The molecule has 2 aromatic rings. The first-order valence-corrected chi connectivity index (χ1v) is 6.94. The van der Waals surface area contributed by atoms with Gasteiger partial charge in [0.05, 0.1) is 11.8 Å². The Balaban J connectivity index is 2.00. The number of anilines is 1. The fourth-order valence-corrected chi connectivity index (χ4v) is 1.81. The third-order valence-corrected chi connectivity index (χ3v) is 2.73. The Kier molecular flexibility index (Phi) is 5.30. The van der Waals surface area contributed by atoms with Crippen LogP contribution in [0.4, 0.5) is 14.9 Å². The second-order valence-corrected chi connectivity index (χ2v) is 4.98. The Morgan fingerprint density at radius 3 is 2.86 bits per heavy atom. The van der Waals surface area contributed by atoms with Gasteiger partial charge in [0.1, 0.15) is 11.6 Å². The Bertz CT molecular complexity index is 633. The summed E-state index contributed by atoms with van der Waals surface area (Å²) in [7, 11) is 0. The van der Waals surface area contributed by atoms with E-state index in [1.807, 2.05) is 19.9 Å². The lowest BCUT2D eigenvalue weighted by Crippen LogP contribution is -2.28. The van der Waals surface area contributed by atoms with E-state index in [9.17, 15) is 9.18 Å². The van der Waals surface area contributed by atoms with Crippen molar-refractivity contribution < 1.29 is 13.9 Å². The van der Waals surface area contributed by atoms with Crippen molar-refractivity contribution in [2.24, 2.45) is 0 Å². The Hall–Kier alpha value is -2.63. The molecule has 0 saturated heterocycles. The Morgan fingerprint density at radius 1 is 1.36 bits per heavy atom. The molecule has 0 spiro atoms. The predicted octanol–water partition coefficient (Wildman–Crippen LogP) is 3.33. The van der Waals surface area contributed by atoms with Crippen molar-refractivity contribution in [3.05, 3.63) is 54.1 Å². The van der Waals surface area contributed by atoms with Crippen LogP contribution in [0.3, 0.4) is 0 Å². The molecule has 0 fully saturated rings.